The van der Waals surface area contributed by atoms with E-state index in [2.05, 4.69) is 6.92 Å². The standard InChI is InChI=1S/C15H30O2/c1-4-5-6-7-8-9-10-11-12-15(3,17)13-14(2)16/h17H,4-13H2,1-3H3. The number of ketones is 1. The highest BCUT2D eigenvalue weighted by molar-refractivity contribution is 5.76. The predicted molar refractivity (Wildman–Crippen MR) is 73.1 cm³/mol. The zero-order valence-electron chi connectivity index (χ0n) is 11.9. The first kappa shape index (κ1) is 16.6. The van der Waals surface area contributed by atoms with Crippen molar-refractivity contribution in [2.24, 2.45) is 0 Å². The van der Waals surface area contributed by atoms with Gasteiger partial charge in [-0.25, -0.2) is 0 Å². The molecular formula is C15H30O2. The van der Waals surface area contributed by atoms with E-state index in [0.717, 1.165) is 12.8 Å². The molecule has 0 spiro atoms. The molecule has 0 heterocycles. The quantitative estimate of drug-likeness (QED) is 0.550. The van der Waals surface area contributed by atoms with E-state index < -0.39 is 5.60 Å². The summed E-state index contributed by atoms with van der Waals surface area (Å²) >= 11 is 0. The second-order valence-corrected chi connectivity index (χ2v) is 5.60. The van der Waals surface area contributed by atoms with Gasteiger partial charge in [0.2, 0.25) is 0 Å². The molecule has 0 aliphatic rings. The Morgan fingerprint density at radius 3 is 1.94 bits per heavy atom. The molecule has 0 aliphatic heterocycles. The third kappa shape index (κ3) is 11.9. The fourth-order valence-corrected chi connectivity index (χ4v) is 2.26. The summed E-state index contributed by atoms with van der Waals surface area (Å²) in [6, 6.07) is 0. The van der Waals surface area contributed by atoms with Crippen LogP contribution in [0, 0.1) is 0 Å². The van der Waals surface area contributed by atoms with Crippen molar-refractivity contribution in [3.8, 4) is 0 Å². The zero-order chi connectivity index (χ0) is 13.1. The van der Waals surface area contributed by atoms with Crippen LogP contribution in [0.1, 0.15) is 85.0 Å². The van der Waals surface area contributed by atoms with Gasteiger partial charge in [0, 0.05) is 6.42 Å². The van der Waals surface area contributed by atoms with E-state index >= 15 is 0 Å². The molecule has 2 nitrogen and oxygen atoms in total. The largest absolute Gasteiger partial charge is 0.390 e. The van der Waals surface area contributed by atoms with Gasteiger partial charge >= 0.3 is 0 Å². The highest BCUT2D eigenvalue weighted by atomic mass is 16.3. The van der Waals surface area contributed by atoms with E-state index in [4.69, 9.17) is 0 Å². The molecule has 0 radical (unpaired) electrons. The lowest BCUT2D eigenvalue weighted by molar-refractivity contribution is -0.121. The van der Waals surface area contributed by atoms with Crippen molar-refractivity contribution in [3.05, 3.63) is 0 Å². The van der Waals surface area contributed by atoms with Crippen LogP contribution in [0.2, 0.25) is 0 Å². The number of rotatable bonds is 11. The first-order valence-electron chi connectivity index (χ1n) is 7.20. The zero-order valence-corrected chi connectivity index (χ0v) is 11.9. The molecule has 0 aliphatic carbocycles. The van der Waals surface area contributed by atoms with Gasteiger partial charge in [0.25, 0.3) is 0 Å². The normalized spacial score (nSPS) is 14.6. The SMILES string of the molecule is CCCCCCCCCCC(C)(O)CC(C)=O. The molecule has 0 aromatic rings. The van der Waals surface area contributed by atoms with E-state index in [1.807, 2.05) is 0 Å². The first-order chi connectivity index (χ1) is 7.98. The second kappa shape index (κ2) is 9.64. The monoisotopic (exact) mass is 242 g/mol. The lowest BCUT2D eigenvalue weighted by atomic mass is 9.93. The van der Waals surface area contributed by atoms with E-state index in [0.29, 0.717) is 6.42 Å². The average molecular weight is 242 g/mol. The van der Waals surface area contributed by atoms with Gasteiger partial charge in [-0.05, 0) is 20.3 Å². The Bertz CT molecular complexity index is 197. The van der Waals surface area contributed by atoms with Crippen LogP contribution in [0.25, 0.3) is 0 Å². The molecule has 0 aromatic heterocycles. The van der Waals surface area contributed by atoms with Gasteiger partial charge in [0.1, 0.15) is 5.78 Å². The van der Waals surface area contributed by atoms with Crippen molar-refractivity contribution in [2.45, 2.75) is 90.6 Å². The average Bonchev–Trinajstić information content (AvgIpc) is 2.20. The van der Waals surface area contributed by atoms with Gasteiger partial charge < -0.3 is 5.11 Å². The Hall–Kier alpha value is -0.370. The summed E-state index contributed by atoms with van der Waals surface area (Å²) in [6.45, 7) is 5.55. The minimum absolute atomic E-state index is 0.0783. The fraction of sp³-hybridized carbons (Fsp3) is 0.933. The van der Waals surface area contributed by atoms with Crippen LogP contribution in [-0.4, -0.2) is 16.5 Å². The van der Waals surface area contributed by atoms with Crippen molar-refractivity contribution in [2.75, 3.05) is 0 Å². The Morgan fingerprint density at radius 1 is 1.00 bits per heavy atom. The van der Waals surface area contributed by atoms with Crippen LogP contribution in [-0.2, 0) is 4.79 Å². The lowest BCUT2D eigenvalue weighted by Gasteiger charge is -2.21. The van der Waals surface area contributed by atoms with Crippen LogP contribution in [0.5, 0.6) is 0 Å². The summed E-state index contributed by atoms with van der Waals surface area (Å²) in [6.07, 6.45) is 11.2. The van der Waals surface area contributed by atoms with Crippen LogP contribution >= 0.6 is 0 Å². The molecule has 0 saturated carbocycles. The summed E-state index contributed by atoms with van der Waals surface area (Å²) in [4.78, 5) is 10.9. The maximum atomic E-state index is 10.9. The Kier molecular flexibility index (Phi) is 9.43. The van der Waals surface area contributed by atoms with Gasteiger partial charge in [-0.2, -0.15) is 0 Å². The molecular weight excluding hydrogens is 212 g/mol. The fourth-order valence-electron chi connectivity index (χ4n) is 2.26. The maximum Gasteiger partial charge on any atom is 0.132 e. The van der Waals surface area contributed by atoms with Crippen molar-refractivity contribution in [1.29, 1.82) is 0 Å². The molecule has 0 aromatic carbocycles. The molecule has 2 heteroatoms. The predicted octanol–water partition coefficient (Wildman–Crippen LogP) is 4.25. The van der Waals surface area contributed by atoms with Crippen LogP contribution in [0.4, 0.5) is 0 Å². The van der Waals surface area contributed by atoms with Crippen LogP contribution in [0.3, 0.4) is 0 Å². The molecule has 1 unspecified atom stereocenters. The minimum atomic E-state index is -0.784. The van der Waals surface area contributed by atoms with Crippen LogP contribution < -0.4 is 0 Å². The van der Waals surface area contributed by atoms with Gasteiger partial charge in [0.05, 0.1) is 5.60 Å². The Balaban J connectivity index is 3.35. The number of aliphatic hydroxyl groups is 1. The summed E-state index contributed by atoms with van der Waals surface area (Å²) in [5.74, 6) is 0.0783. The van der Waals surface area contributed by atoms with E-state index in [1.165, 1.54) is 44.9 Å². The molecule has 0 rings (SSSR count). The number of carbonyl (C=O) groups excluding carboxylic acids is 1. The summed E-state index contributed by atoms with van der Waals surface area (Å²) in [5, 5.41) is 9.94. The maximum absolute atomic E-state index is 10.9. The molecule has 0 bridgehead atoms. The summed E-state index contributed by atoms with van der Waals surface area (Å²) in [5.41, 5.74) is -0.784. The number of hydrogen-bond donors (Lipinski definition) is 1. The first-order valence-corrected chi connectivity index (χ1v) is 7.20. The van der Waals surface area contributed by atoms with E-state index in [-0.39, 0.29) is 5.78 Å². The van der Waals surface area contributed by atoms with E-state index in [9.17, 15) is 9.90 Å². The minimum Gasteiger partial charge on any atom is -0.390 e. The highest BCUT2D eigenvalue weighted by Gasteiger charge is 2.21. The number of Topliss-reactive ketones (excluding diaryl/α,β-unsaturated/α-hetero) is 1. The van der Waals surface area contributed by atoms with Gasteiger partial charge in [-0.1, -0.05) is 58.3 Å². The molecule has 102 valence electrons. The van der Waals surface area contributed by atoms with Crippen molar-refractivity contribution >= 4 is 5.78 Å². The summed E-state index contributed by atoms with van der Waals surface area (Å²) < 4.78 is 0. The third-order valence-corrected chi connectivity index (χ3v) is 3.20. The smallest absolute Gasteiger partial charge is 0.132 e. The molecule has 17 heavy (non-hydrogen) atoms. The Labute approximate surface area is 107 Å². The molecule has 0 saturated heterocycles. The van der Waals surface area contributed by atoms with Crippen LogP contribution in [0.15, 0.2) is 0 Å². The van der Waals surface area contributed by atoms with Crippen molar-refractivity contribution in [3.63, 3.8) is 0 Å². The Morgan fingerprint density at radius 2 is 1.47 bits per heavy atom. The molecule has 0 amide bonds. The number of hydrogen-bond acceptors (Lipinski definition) is 2. The molecule has 0 fully saturated rings. The van der Waals surface area contributed by atoms with Gasteiger partial charge in [-0.3, -0.25) is 4.79 Å². The molecule has 1 N–H and O–H groups in total. The number of carbonyl (C=O) groups is 1. The second-order valence-electron chi connectivity index (χ2n) is 5.60. The third-order valence-electron chi connectivity index (χ3n) is 3.20. The van der Waals surface area contributed by atoms with Gasteiger partial charge in [0.15, 0.2) is 0 Å². The van der Waals surface area contributed by atoms with Crippen molar-refractivity contribution in [1.82, 2.24) is 0 Å². The topological polar surface area (TPSA) is 37.3 Å². The molecule has 1 atom stereocenters. The highest BCUT2D eigenvalue weighted by Crippen LogP contribution is 2.19. The lowest BCUT2D eigenvalue weighted by Crippen LogP contribution is -2.26. The van der Waals surface area contributed by atoms with E-state index in [1.54, 1.807) is 13.8 Å². The number of unbranched alkanes of at least 4 members (excludes halogenated alkanes) is 7. The summed E-state index contributed by atoms with van der Waals surface area (Å²) in [7, 11) is 0. The van der Waals surface area contributed by atoms with Gasteiger partial charge in [-0.15, -0.1) is 0 Å². The van der Waals surface area contributed by atoms with Crippen molar-refractivity contribution < 1.29 is 9.90 Å².